The molecule has 0 aromatic carbocycles. The van der Waals surface area contributed by atoms with Gasteiger partial charge in [-0.2, -0.15) is 0 Å². The second-order valence-corrected chi connectivity index (χ2v) is 6.13. The van der Waals surface area contributed by atoms with Crippen molar-refractivity contribution in [1.82, 2.24) is 15.1 Å². The van der Waals surface area contributed by atoms with Gasteiger partial charge in [-0.25, -0.2) is 0 Å². The summed E-state index contributed by atoms with van der Waals surface area (Å²) in [6, 6.07) is 0. The molecule has 0 radical (unpaired) electrons. The van der Waals surface area contributed by atoms with Crippen molar-refractivity contribution in [2.75, 3.05) is 45.8 Å². The largest absolute Gasteiger partial charge is 0.355 e. The minimum absolute atomic E-state index is 0.0796. The van der Waals surface area contributed by atoms with Crippen LogP contribution < -0.4 is 5.32 Å². The third-order valence-corrected chi connectivity index (χ3v) is 4.51. The third-order valence-electron chi connectivity index (χ3n) is 4.51. The molecule has 0 spiro atoms. The molecule has 0 aromatic rings. The zero-order valence-corrected chi connectivity index (χ0v) is 12.4. The zero-order chi connectivity index (χ0) is 13.5. The smallest absolute Gasteiger partial charge is 0.216 e. The van der Waals surface area contributed by atoms with Gasteiger partial charge in [0.1, 0.15) is 0 Å². The number of amides is 1. The topological polar surface area (TPSA) is 35.6 Å². The zero-order valence-electron chi connectivity index (χ0n) is 12.4. The fourth-order valence-corrected chi connectivity index (χ4v) is 3.32. The van der Waals surface area contributed by atoms with Gasteiger partial charge >= 0.3 is 0 Å². The van der Waals surface area contributed by atoms with E-state index in [1.165, 1.54) is 51.7 Å². The maximum Gasteiger partial charge on any atom is 0.216 e. The molecule has 1 saturated heterocycles. The van der Waals surface area contributed by atoms with Crippen molar-refractivity contribution >= 4 is 5.91 Å². The van der Waals surface area contributed by atoms with Crippen LogP contribution in [0.15, 0.2) is 0 Å². The average Bonchev–Trinajstić information content (AvgIpc) is 2.42. The Kier molecular flexibility index (Phi) is 6.11. The van der Waals surface area contributed by atoms with Gasteiger partial charge in [-0.1, -0.05) is 19.3 Å². The minimum atomic E-state index is 0.0796. The van der Waals surface area contributed by atoms with Gasteiger partial charge in [0, 0.05) is 52.7 Å². The molecule has 1 N–H and O–H groups in total. The van der Waals surface area contributed by atoms with Gasteiger partial charge in [0.05, 0.1) is 0 Å². The van der Waals surface area contributed by atoms with E-state index < -0.39 is 0 Å². The summed E-state index contributed by atoms with van der Waals surface area (Å²) < 4.78 is 0. The van der Waals surface area contributed by atoms with Crippen molar-refractivity contribution < 1.29 is 4.79 Å². The number of hydrogen-bond acceptors (Lipinski definition) is 3. The number of nitrogens with zero attached hydrogens (tertiary/aromatic N) is 2. The van der Waals surface area contributed by atoms with Gasteiger partial charge < -0.3 is 10.2 Å². The van der Waals surface area contributed by atoms with Gasteiger partial charge in [0.2, 0.25) is 5.91 Å². The highest BCUT2D eigenvalue weighted by Gasteiger charge is 2.21. The van der Waals surface area contributed by atoms with E-state index in [0.717, 1.165) is 32.1 Å². The van der Waals surface area contributed by atoms with Gasteiger partial charge in [0.15, 0.2) is 0 Å². The van der Waals surface area contributed by atoms with Crippen LogP contribution >= 0.6 is 0 Å². The molecule has 2 rings (SSSR count). The lowest BCUT2D eigenvalue weighted by Crippen LogP contribution is -2.49. The molecule has 110 valence electrons. The fourth-order valence-electron chi connectivity index (χ4n) is 3.32. The summed E-state index contributed by atoms with van der Waals surface area (Å²) in [5.41, 5.74) is 0. The van der Waals surface area contributed by atoms with Crippen LogP contribution in [0.1, 0.15) is 39.0 Å². The summed E-state index contributed by atoms with van der Waals surface area (Å²) in [7, 11) is 0. The number of rotatable bonds is 5. The Hall–Kier alpha value is -0.610. The Morgan fingerprint density at radius 3 is 2.32 bits per heavy atom. The van der Waals surface area contributed by atoms with Crippen molar-refractivity contribution in [3.63, 3.8) is 0 Å². The van der Waals surface area contributed by atoms with Crippen molar-refractivity contribution in [1.29, 1.82) is 0 Å². The molecule has 2 fully saturated rings. The van der Waals surface area contributed by atoms with E-state index in [0.29, 0.717) is 0 Å². The Balaban J connectivity index is 1.58. The Morgan fingerprint density at radius 1 is 1.05 bits per heavy atom. The lowest BCUT2D eigenvalue weighted by atomic mass is 9.89. The van der Waals surface area contributed by atoms with Crippen LogP contribution in [0.4, 0.5) is 0 Å². The second kappa shape index (κ2) is 7.85. The normalized spacial score (nSPS) is 23.4. The highest BCUT2D eigenvalue weighted by Crippen LogP contribution is 2.24. The van der Waals surface area contributed by atoms with E-state index in [9.17, 15) is 4.79 Å². The highest BCUT2D eigenvalue weighted by molar-refractivity contribution is 5.72. The lowest BCUT2D eigenvalue weighted by Gasteiger charge is -2.37. The molecule has 4 heteroatoms. The van der Waals surface area contributed by atoms with Crippen molar-refractivity contribution in [3.05, 3.63) is 0 Å². The third kappa shape index (κ3) is 5.49. The Labute approximate surface area is 117 Å². The number of carbonyl (C=O) groups is 1. The van der Waals surface area contributed by atoms with Gasteiger partial charge in [-0.05, 0) is 18.8 Å². The summed E-state index contributed by atoms with van der Waals surface area (Å²) >= 11 is 0. The van der Waals surface area contributed by atoms with Crippen LogP contribution in [0, 0.1) is 5.92 Å². The quantitative estimate of drug-likeness (QED) is 0.816. The molecule has 1 amide bonds. The molecule has 1 aliphatic heterocycles. The van der Waals surface area contributed by atoms with Crippen LogP contribution in [0.25, 0.3) is 0 Å². The fraction of sp³-hybridized carbons (Fsp3) is 0.933. The summed E-state index contributed by atoms with van der Waals surface area (Å²) in [4.78, 5) is 15.9. The summed E-state index contributed by atoms with van der Waals surface area (Å²) in [5, 5.41) is 2.88. The Morgan fingerprint density at radius 2 is 1.68 bits per heavy atom. The van der Waals surface area contributed by atoms with Crippen LogP contribution in [0.5, 0.6) is 0 Å². The molecule has 0 atom stereocenters. The average molecular weight is 267 g/mol. The van der Waals surface area contributed by atoms with E-state index >= 15 is 0 Å². The first-order valence-electron chi connectivity index (χ1n) is 7.93. The van der Waals surface area contributed by atoms with Gasteiger partial charge in [0.25, 0.3) is 0 Å². The monoisotopic (exact) mass is 267 g/mol. The van der Waals surface area contributed by atoms with Crippen LogP contribution in [0.2, 0.25) is 0 Å². The maximum atomic E-state index is 10.8. The molecule has 0 bridgehead atoms. The van der Waals surface area contributed by atoms with E-state index in [-0.39, 0.29) is 5.91 Å². The molecule has 2 aliphatic rings. The van der Waals surface area contributed by atoms with E-state index in [1.807, 2.05) is 0 Å². The van der Waals surface area contributed by atoms with Gasteiger partial charge in [-0.15, -0.1) is 0 Å². The number of carbonyl (C=O) groups excluding carboxylic acids is 1. The van der Waals surface area contributed by atoms with Crippen molar-refractivity contribution in [3.8, 4) is 0 Å². The van der Waals surface area contributed by atoms with Crippen molar-refractivity contribution in [2.24, 2.45) is 5.92 Å². The summed E-state index contributed by atoms with van der Waals surface area (Å²) in [6.45, 7) is 9.42. The molecule has 0 aromatic heterocycles. The standard InChI is InChI=1S/C15H29N3O/c1-14(19)16-7-8-17-9-11-18(12-10-17)13-15-5-3-2-4-6-15/h15H,2-13H2,1H3,(H,16,19). The molecule has 0 unspecified atom stereocenters. The Bertz CT molecular complexity index is 269. The summed E-state index contributed by atoms with van der Waals surface area (Å²) in [5.74, 6) is 1.04. The first kappa shape index (κ1) is 14.8. The molecular formula is C15H29N3O. The second-order valence-electron chi connectivity index (χ2n) is 6.13. The predicted octanol–water partition coefficient (Wildman–Crippen LogP) is 1.32. The minimum Gasteiger partial charge on any atom is -0.355 e. The van der Waals surface area contributed by atoms with Crippen molar-refractivity contribution in [2.45, 2.75) is 39.0 Å². The first-order chi connectivity index (χ1) is 9.24. The van der Waals surface area contributed by atoms with Gasteiger partial charge in [-0.3, -0.25) is 9.69 Å². The van der Waals surface area contributed by atoms with Crippen LogP contribution in [-0.4, -0.2) is 61.5 Å². The maximum absolute atomic E-state index is 10.8. The number of nitrogens with one attached hydrogen (secondary N) is 1. The lowest BCUT2D eigenvalue weighted by molar-refractivity contribution is -0.119. The number of piperazine rings is 1. The molecule has 1 heterocycles. The summed E-state index contributed by atoms with van der Waals surface area (Å²) in [6.07, 6.45) is 7.24. The first-order valence-corrected chi connectivity index (χ1v) is 7.93. The van der Waals surface area contributed by atoms with Crippen LogP contribution in [0.3, 0.4) is 0 Å². The predicted molar refractivity (Wildman–Crippen MR) is 78.1 cm³/mol. The molecule has 1 saturated carbocycles. The molecular weight excluding hydrogens is 238 g/mol. The number of hydrogen-bond donors (Lipinski definition) is 1. The highest BCUT2D eigenvalue weighted by atomic mass is 16.1. The van der Waals surface area contributed by atoms with E-state index in [1.54, 1.807) is 6.92 Å². The SMILES string of the molecule is CC(=O)NCCN1CCN(CC2CCCCC2)CC1. The van der Waals surface area contributed by atoms with Crippen LogP contribution in [-0.2, 0) is 4.79 Å². The molecule has 1 aliphatic carbocycles. The van der Waals surface area contributed by atoms with E-state index in [4.69, 9.17) is 0 Å². The molecule has 19 heavy (non-hydrogen) atoms. The van der Waals surface area contributed by atoms with E-state index in [2.05, 4.69) is 15.1 Å². The molecule has 4 nitrogen and oxygen atoms in total.